The number of amides is 1. The number of hydrogen-bond acceptors (Lipinski definition) is 3. The maximum Gasteiger partial charge on any atom is 0.255 e. The Bertz CT molecular complexity index is 1160. The van der Waals surface area contributed by atoms with Gasteiger partial charge in [0.15, 0.2) is 0 Å². The van der Waals surface area contributed by atoms with Gasteiger partial charge in [0, 0.05) is 35.9 Å². The second-order valence-corrected chi connectivity index (χ2v) is 9.70. The van der Waals surface area contributed by atoms with Crippen LogP contribution in [0.1, 0.15) is 42.6 Å². The molecule has 0 bridgehead atoms. The summed E-state index contributed by atoms with van der Waals surface area (Å²) in [4.78, 5) is 15.4. The lowest BCUT2D eigenvalue weighted by molar-refractivity contribution is -0.0223. The van der Waals surface area contributed by atoms with Gasteiger partial charge in [0.05, 0.1) is 23.4 Å². The third-order valence-electron chi connectivity index (χ3n) is 6.42. The molecule has 1 amide bonds. The number of carbonyl (C=O) groups excluding carboxylic acids is 1. The molecule has 1 unspecified atom stereocenters. The monoisotopic (exact) mass is 435 g/mol. The number of halogens is 1. The van der Waals surface area contributed by atoms with E-state index in [1.54, 1.807) is 18.5 Å². The van der Waals surface area contributed by atoms with Crippen LogP contribution in [0.5, 0.6) is 0 Å². The van der Waals surface area contributed by atoms with Gasteiger partial charge in [0.25, 0.3) is 5.91 Å². The first-order valence-corrected chi connectivity index (χ1v) is 11.1. The molecule has 1 aromatic heterocycles. The molecule has 1 atom stereocenters. The summed E-state index contributed by atoms with van der Waals surface area (Å²) in [6.45, 7) is 4.04. The summed E-state index contributed by atoms with van der Waals surface area (Å²) in [5.41, 5.74) is 4.54. The summed E-state index contributed by atoms with van der Waals surface area (Å²) in [7, 11) is 1.90. The minimum atomic E-state index is -0.961. The molecule has 1 aliphatic carbocycles. The van der Waals surface area contributed by atoms with Gasteiger partial charge in [-0.05, 0) is 55.4 Å². The van der Waals surface area contributed by atoms with Crippen LogP contribution in [0.4, 0.5) is 0 Å². The summed E-state index contributed by atoms with van der Waals surface area (Å²) in [6.07, 6.45) is 5.91. The van der Waals surface area contributed by atoms with Crippen molar-refractivity contribution in [3.8, 4) is 22.3 Å². The Morgan fingerprint density at radius 3 is 2.35 bits per heavy atom. The Balaban J connectivity index is 1.53. The molecule has 3 aromatic rings. The van der Waals surface area contributed by atoms with Gasteiger partial charge in [-0.1, -0.05) is 41.9 Å². The number of aromatic nitrogens is 2. The van der Waals surface area contributed by atoms with E-state index in [9.17, 15) is 9.90 Å². The minimum absolute atomic E-state index is 0.0390. The van der Waals surface area contributed by atoms with Crippen LogP contribution < -0.4 is 0 Å². The summed E-state index contributed by atoms with van der Waals surface area (Å²) >= 11 is 6.53. The third-order valence-corrected chi connectivity index (χ3v) is 6.78. The van der Waals surface area contributed by atoms with E-state index in [0.717, 1.165) is 40.7 Å². The van der Waals surface area contributed by atoms with Crippen molar-refractivity contribution in [2.75, 3.05) is 0 Å². The fraction of sp³-hybridized carbons (Fsp3) is 0.360. The molecule has 0 saturated heterocycles. The van der Waals surface area contributed by atoms with Crippen molar-refractivity contribution in [2.45, 2.75) is 44.9 Å². The fourth-order valence-electron chi connectivity index (χ4n) is 4.91. The van der Waals surface area contributed by atoms with Crippen molar-refractivity contribution in [1.29, 1.82) is 0 Å². The predicted octanol–water partition coefficient (Wildman–Crippen LogP) is 4.91. The highest BCUT2D eigenvalue weighted by molar-refractivity contribution is 6.32. The van der Waals surface area contributed by atoms with Gasteiger partial charge in [-0.2, -0.15) is 5.10 Å². The van der Waals surface area contributed by atoms with E-state index in [1.165, 1.54) is 0 Å². The zero-order chi connectivity index (χ0) is 21.9. The van der Waals surface area contributed by atoms with Crippen molar-refractivity contribution in [1.82, 2.24) is 14.7 Å². The van der Waals surface area contributed by atoms with Gasteiger partial charge < -0.3 is 10.0 Å². The minimum Gasteiger partial charge on any atom is -0.388 e. The van der Waals surface area contributed by atoms with Gasteiger partial charge in [-0.15, -0.1) is 0 Å². The molecule has 1 saturated carbocycles. The Hall–Kier alpha value is -2.63. The lowest BCUT2D eigenvalue weighted by Crippen LogP contribution is -2.51. The number of aryl methyl sites for hydroxylation is 1. The van der Waals surface area contributed by atoms with Gasteiger partial charge in [0.1, 0.15) is 0 Å². The zero-order valence-electron chi connectivity index (χ0n) is 18.0. The molecule has 5 rings (SSSR count). The Morgan fingerprint density at radius 2 is 1.77 bits per heavy atom. The standard InChI is InChI=1S/C25H26ClN3O2/c1-25(2,31)23(17-8-9-17)29-14-20-21(26)11-10-19(22(20)24(29)30)16-6-4-15(5-7-16)18-12-27-28(3)13-18/h4-7,10-13,17,23,31H,8-9,14H2,1-3H3. The Labute approximate surface area is 187 Å². The average molecular weight is 436 g/mol. The van der Waals surface area contributed by atoms with Crippen molar-refractivity contribution in [2.24, 2.45) is 13.0 Å². The molecule has 1 fully saturated rings. The number of hydrogen-bond donors (Lipinski definition) is 1. The van der Waals surface area contributed by atoms with Crippen molar-refractivity contribution >= 4 is 17.5 Å². The molecule has 31 heavy (non-hydrogen) atoms. The van der Waals surface area contributed by atoms with Gasteiger partial charge >= 0.3 is 0 Å². The summed E-state index contributed by atoms with van der Waals surface area (Å²) in [5, 5.41) is 15.6. The van der Waals surface area contributed by atoms with Crippen LogP contribution in [0.2, 0.25) is 5.02 Å². The molecule has 2 aliphatic rings. The summed E-state index contributed by atoms with van der Waals surface area (Å²) < 4.78 is 1.78. The normalized spacial score (nSPS) is 17.2. The molecule has 1 N–H and O–H groups in total. The third kappa shape index (κ3) is 3.56. The molecule has 6 heteroatoms. The predicted molar refractivity (Wildman–Crippen MR) is 122 cm³/mol. The summed E-state index contributed by atoms with van der Waals surface area (Å²) in [5.74, 6) is 0.308. The maximum atomic E-state index is 13.6. The van der Waals surface area contributed by atoms with Crippen LogP contribution in [0, 0.1) is 5.92 Å². The molecule has 2 aromatic carbocycles. The van der Waals surface area contributed by atoms with E-state index in [-0.39, 0.29) is 11.9 Å². The number of rotatable bonds is 5. The topological polar surface area (TPSA) is 58.4 Å². The largest absolute Gasteiger partial charge is 0.388 e. The molecule has 0 radical (unpaired) electrons. The van der Waals surface area contributed by atoms with E-state index in [4.69, 9.17) is 11.6 Å². The number of carbonyl (C=O) groups is 1. The molecule has 5 nitrogen and oxygen atoms in total. The number of aliphatic hydroxyl groups is 1. The molecule has 0 spiro atoms. The maximum absolute atomic E-state index is 13.6. The molecule has 1 aliphatic heterocycles. The highest BCUT2D eigenvalue weighted by atomic mass is 35.5. The highest BCUT2D eigenvalue weighted by Crippen LogP contribution is 2.45. The molecular weight excluding hydrogens is 410 g/mol. The van der Waals surface area contributed by atoms with E-state index >= 15 is 0 Å². The average Bonchev–Trinajstić information content (AvgIpc) is 3.36. The van der Waals surface area contributed by atoms with Crippen molar-refractivity contribution in [3.63, 3.8) is 0 Å². The van der Waals surface area contributed by atoms with Crippen LogP contribution in [0.15, 0.2) is 48.8 Å². The molecule has 160 valence electrons. The van der Waals surface area contributed by atoms with Crippen LogP contribution in [-0.4, -0.2) is 37.3 Å². The zero-order valence-corrected chi connectivity index (χ0v) is 18.7. The number of nitrogens with zero attached hydrogens (tertiary/aromatic N) is 3. The van der Waals surface area contributed by atoms with E-state index < -0.39 is 5.60 Å². The highest BCUT2D eigenvalue weighted by Gasteiger charge is 2.48. The van der Waals surface area contributed by atoms with Crippen molar-refractivity contribution < 1.29 is 9.90 Å². The lowest BCUT2D eigenvalue weighted by atomic mass is 9.92. The van der Waals surface area contributed by atoms with Crippen LogP contribution >= 0.6 is 11.6 Å². The van der Waals surface area contributed by atoms with Crippen molar-refractivity contribution in [3.05, 3.63) is 64.9 Å². The molecular formula is C25H26ClN3O2. The second-order valence-electron chi connectivity index (χ2n) is 9.30. The van der Waals surface area contributed by atoms with E-state index in [1.807, 2.05) is 60.7 Å². The first kappa shape index (κ1) is 20.3. The second kappa shape index (κ2) is 7.21. The van der Waals surface area contributed by atoms with E-state index in [2.05, 4.69) is 5.10 Å². The SMILES string of the molecule is Cn1cc(-c2ccc(-c3ccc(Cl)c4c3C(=O)N(C(C3CC3)C(C)(C)O)C4)cc2)cn1. The summed E-state index contributed by atoms with van der Waals surface area (Å²) in [6, 6.07) is 11.8. The quantitative estimate of drug-likeness (QED) is 0.619. The van der Waals surface area contributed by atoms with Crippen LogP contribution in [-0.2, 0) is 13.6 Å². The first-order chi connectivity index (χ1) is 14.7. The van der Waals surface area contributed by atoms with Crippen LogP contribution in [0.25, 0.3) is 22.3 Å². The lowest BCUT2D eigenvalue weighted by Gasteiger charge is -2.37. The Kier molecular flexibility index (Phi) is 4.72. The fourth-order valence-corrected chi connectivity index (χ4v) is 5.13. The number of fused-ring (bicyclic) bond motifs is 1. The van der Waals surface area contributed by atoms with Gasteiger partial charge in [-0.25, -0.2) is 0 Å². The molecule has 2 heterocycles. The van der Waals surface area contributed by atoms with E-state index in [0.29, 0.717) is 23.0 Å². The Morgan fingerprint density at radius 1 is 1.10 bits per heavy atom. The number of benzene rings is 2. The van der Waals surface area contributed by atoms with Gasteiger partial charge in [0.2, 0.25) is 0 Å². The van der Waals surface area contributed by atoms with Crippen LogP contribution in [0.3, 0.4) is 0 Å². The van der Waals surface area contributed by atoms with Gasteiger partial charge in [-0.3, -0.25) is 9.48 Å². The first-order valence-electron chi connectivity index (χ1n) is 10.7. The smallest absolute Gasteiger partial charge is 0.255 e.